The second kappa shape index (κ2) is 8.68. The smallest absolute Gasteiger partial charge is 0.280 e. The molecule has 1 saturated heterocycles. The van der Waals surface area contributed by atoms with Crippen molar-refractivity contribution in [2.24, 2.45) is 5.73 Å². The number of piperidine rings is 1. The molecule has 0 spiro atoms. The summed E-state index contributed by atoms with van der Waals surface area (Å²) in [5.74, 6) is 6.58. The summed E-state index contributed by atoms with van der Waals surface area (Å²) in [6, 6.07) is 9.78. The van der Waals surface area contributed by atoms with Crippen LogP contribution in [0.5, 0.6) is 0 Å². The van der Waals surface area contributed by atoms with E-state index >= 15 is 0 Å². The zero-order chi connectivity index (χ0) is 22.9. The molecular formula is C25H27N7O. The maximum absolute atomic E-state index is 13.7. The van der Waals surface area contributed by atoms with Gasteiger partial charge in [-0.15, -0.1) is 5.92 Å². The Kier molecular flexibility index (Phi) is 5.56. The van der Waals surface area contributed by atoms with E-state index in [9.17, 15) is 4.79 Å². The molecule has 0 unspecified atom stereocenters. The maximum Gasteiger partial charge on any atom is 0.280 e. The van der Waals surface area contributed by atoms with Gasteiger partial charge < -0.3 is 15.2 Å². The van der Waals surface area contributed by atoms with Crippen LogP contribution in [0, 0.1) is 18.8 Å². The molecular weight excluding hydrogens is 414 g/mol. The molecule has 0 radical (unpaired) electrons. The predicted octanol–water partition coefficient (Wildman–Crippen LogP) is 2.45. The molecule has 168 valence electrons. The molecule has 33 heavy (non-hydrogen) atoms. The molecule has 1 atom stereocenters. The summed E-state index contributed by atoms with van der Waals surface area (Å²) in [6.07, 6.45) is 3.87. The lowest BCUT2D eigenvalue weighted by Gasteiger charge is -2.32. The lowest BCUT2D eigenvalue weighted by atomic mass is 10.1. The summed E-state index contributed by atoms with van der Waals surface area (Å²) in [7, 11) is 0. The Bertz CT molecular complexity index is 1460. The minimum atomic E-state index is -0.103. The van der Waals surface area contributed by atoms with Crippen molar-refractivity contribution in [3.63, 3.8) is 0 Å². The third kappa shape index (κ3) is 3.96. The van der Waals surface area contributed by atoms with Crippen LogP contribution in [0.15, 0.2) is 41.3 Å². The van der Waals surface area contributed by atoms with Gasteiger partial charge in [-0.2, -0.15) is 0 Å². The number of hydrogen-bond donors (Lipinski definition) is 1. The van der Waals surface area contributed by atoms with E-state index in [-0.39, 0.29) is 11.6 Å². The number of benzene rings is 1. The van der Waals surface area contributed by atoms with Crippen molar-refractivity contribution in [3.8, 4) is 11.8 Å². The minimum Gasteiger partial charge on any atom is -0.341 e. The fourth-order valence-corrected chi connectivity index (χ4v) is 4.47. The third-order valence-electron chi connectivity index (χ3n) is 6.17. The average molecular weight is 442 g/mol. The summed E-state index contributed by atoms with van der Waals surface area (Å²) in [4.78, 5) is 30.2. The van der Waals surface area contributed by atoms with Gasteiger partial charge in [0.05, 0.1) is 41.0 Å². The van der Waals surface area contributed by atoms with Crippen molar-refractivity contribution in [1.29, 1.82) is 0 Å². The molecule has 0 saturated carbocycles. The van der Waals surface area contributed by atoms with Gasteiger partial charge >= 0.3 is 0 Å². The first-order chi connectivity index (χ1) is 16.0. The molecule has 0 bridgehead atoms. The number of nitrogens with two attached hydrogens (primary N) is 1. The molecule has 4 aromatic rings. The second-order valence-corrected chi connectivity index (χ2v) is 8.50. The number of nitrogens with zero attached hydrogens (tertiary/aromatic N) is 6. The average Bonchev–Trinajstić information content (AvgIpc) is 3.21. The monoisotopic (exact) mass is 441 g/mol. The van der Waals surface area contributed by atoms with Gasteiger partial charge in [0.15, 0.2) is 0 Å². The van der Waals surface area contributed by atoms with Crippen LogP contribution in [0.3, 0.4) is 0 Å². The summed E-state index contributed by atoms with van der Waals surface area (Å²) >= 11 is 0. The first-order valence-corrected chi connectivity index (χ1v) is 11.3. The normalized spacial score (nSPS) is 16.2. The highest BCUT2D eigenvalue weighted by atomic mass is 16.1. The Hall–Kier alpha value is -3.70. The zero-order valence-corrected chi connectivity index (χ0v) is 19.0. The Morgan fingerprint density at radius 3 is 2.67 bits per heavy atom. The molecule has 1 fully saturated rings. The van der Waals surface area contributed by atoms with Crippen molar-refractivity contribution >= 4 is 28.0 Å². The van der Waals surface area contributed by atoms with E-state index in [0.29, 0.717) is 36.6 Å². The molecule has 0 amide bonds. The summed E-state index contributed by atoms with van der Waals surface area (Å²) in [5.41, 5.74) is 10.7. The topological polar surface area (TPSA) is 94.9 Å². The van der Waals surface area contributed by atoms with Crippen LogP contribution in [0.4, 0.5) is 5.95 Å². The van der Waals surface area contributed by atoms with Crippen molar-refractivity contribution in [2.75, 3.05) is 18.0 Å². The van der Waals surface area contributed by atoms with Crippen LogP contribution in [0.25, 0.3) is 22.1 Å². The van der Waals surface area contributed by atoms with Gasteiger partial charge in [-0.1, -0.05) is 18.1 Å². The fourth-order valence-electron chi connectivity index (χ4n) is 4.47. The van der Waals surface area contributed by atoms with Gasteiger partial charge in [0.1, 0.15) is 5.52 Å². The van der Waals surface area contributed by atoms with Gasteiger partial charge in [0, 0.05) is 25.3 Å². The number of anilines is 1. The largest absolute Gasteiger partial charge is 0.341 e. The lowest BCUT2D eigenvalue weighted by Crippen LogP contribution is -2.45. The van der Waals surface area contributed by atoms with Gasteiger partial charge in [-0.25, -0.2) is 15.0 Å². The standard InChI is InChI=1S/C25H27N7O/c1-3-4-13-32-24(33)23-21(29-25(32)31-12-7-8-18(26)15-31)11-14-30(23)16-22-17(2)27-19-9-5-6-10-20(19)28-22/h5-6,9-11,14,18H,7-8,12-13,15-16,26H2,1-2H3/t18-/m1/s1. The minimum absolute atomic E-state index is 0.0797. The molecule has 1 aromatic carbocycles. The molecule has 1 aliphatic heterocycles. The molecule has 4 heterocycles. The number of aryl methyl sites for hydroxylation is 1. The van der Waals surface area contributed by atoms with E-state index < -0.39 is 0 Å². The van der Waals surface area contributed by atoms with E-state index in [4.69, 9.17) is 15.7 Å². The van der Waals surface area contributed by atoms with Crippen LogP contribution >= 0.6 is 0 Å². The van der Waals surface area contributed by atoms with E-state index in [0.717, 1.165) is 41.8 Å². The quantitative estimate of drug-likeness (QED) is 0.489. The third-order valence-corrected chi connectivity index (χ3v) is 6.17. The van der Waals surface area contributed by atoms with Crippen LogP contribution in [0.2, 0.25) is 0 Å². The molecule has 8 nitrogen and oxygen atoms in total. The maximum atomic E-state index is 13.7. The molecule has 8 heteroatoms. The first kappa shape index (κ1) is 21.2. The Balaban J connectivity index is 1.61. The summed E-state index contributed by atoms with van der Waals surface area (Å²) in [5, 5.41) is 0. The fraction of sp³-hybridized carbons (Fsp3) is 0.360. The number of hydrogen-bond acceptors (Lipinski definition) is 6. The number of para-hydroxylation sites is 2. The number of fused-ring (bicyclic) bond motifs is 2. The molecule has 0 aliphatic carbocycles. The highest BCUT2D eigenvalue weighted by Gasteiger charge is 2.23. The SMILES string of the molecule is CC#CCn1c(N2CCC[C@@H](N)C2)nc2ccn(Cc3nc4ccccc4nc3C)c2c1=O. The van der Waals surface area contributed by atoms with Crippen LogP contribution in [-0.4, -0.2) is 43.2 Å². The second-order valence-electron chi connectivity index (χ2n) is 8.50. The molecule has 3 aromatic heterocycles. The van der Waals surface area contributed by atoms with Crippen LogP contribution in [0.1, 0.15) is 31.2 Å². The van der Waals surface area contributed by atoms with E-state index in [1.54, 1.807) is 11.5 Å². The van der Waals surface area contributed by atoms with Gasteiger partial charge in [-0.05, 0) is 44.9 Å². The molecule has 5 rings (SSSR count). The van der Waals surface area contributed by atoms with Gasteiger partial charge in [-0.3, -0.25) is 9.36 Å². The predicted molar refractivity (Wildman–Crippen MR) is 130 cm³/mol. The first-order valence-electron chi connectivity index (χ1n) is 11.3. The number of aromatic nitrogens is 5. The van der Waals surface area contributed by atoms with Gasteiger partial charge in [0.2, 0.25) is 5.95 Å². The molecule has 1 aliphatic rings. The Morgan fingerprint density at radius 1 is 1.12 bits per heavy atom. The van der Waals surface area contributed by atoms with Gasteiger partial charge in [0.25, 0.3) is 5.56 Å². The van der Waals surface area contributed by atoms with Crippen LogP contribution < -0.4 is 16.2 Å². The number of rotatable bonds is 4. The summed E-state index contributed by atoms with van der Waals surface area (Å²) in [6.45, 7) is 5.97. The highest BCUT2D eigenvalue weighted by molar-refractivity contribution is 5.77. The van der Waals surface area contributed by atoms with Crippen molar-refractivity contribution in [1.82, 2.24) is 24.1 Å². The Morgan fingerprint density at radius 2 is 1.91 bits per heavy atom. The highest BCUT2D eigenvalue weighted by Crippen LogP contribution is 2.21. The van der Waals surface area contributed by atoms with Crippen molar-refractivity contribution < 1.29 is 0 Å². The zero-order valence-electron chi connectivity index (χ0n) is 19.0. The molecule has 2 N–H and O–H groups in total. The summed E-state index contributed by atoms with van der Waals surface area (Å²) < 4.78 is 3.59. The van der Waals surface area contributed by atoms with E-state index in [1.807, 2.05) is 48.0 Å². The van der Waals surface area contributed by atoms with E-state index in [2.05, 4.69) is 21.7 Å². The lowest BCUT2D eigenvalue weighted by molar-refractivity contribution is 0.492. The Labute approximate surface area is 192 Å². The van der Waals surface area contributed by atoms with Crippen LogP contribution in [-0.2, 0) is 13.1 Å². The van der Waals surface area contributed by atoms with Crippen molar-refractivity contribution in [3.05, 3.63) is 58.3 Å². The van der Waals surface area contributed by atoms with E-state index in [1.165, 1.54) is 0 Å². The van der Waals surface area contributed by atoms with Crippen molar-refractivity contribution in [2.45, 2.75) is 45.8 Å².